The number of hydrogen-bond donors (Lipinski definition) is 0. The number of carbonyl (C=O) groups is 1. The van der Waals surface area contributed by atoms with Crippen molar-refractivity contribution in [2.75, 3.05) is 13.1 Å². The van der Waals surface area contributed by atoms with Crippen molar-refractivity contribution in [3.05, 3.63) is 35.4 Å². The van der Waals surface area contributed by atoms with E-state index in [-0.39, 0.29) is 17.9 Å². The van der Waals surface area contributed by atoms with Gasteiger partial charge in [0, 0.05) is 19.0 Å². The fraction of sp³-hybridized carbons (Fsp3) is 0.533. The second-order valence-electron chi connectivity index (χ2n) is 5.32. The van der Waals surface area contributed by atoms with E-state index in [1.165, 1.54) is 11.1 Å². The highest BCUT2D eigenvalue weighted by atomic mass is 16.5. The third-order valence-electron chi connectivity index (χ3n) is 3.26. The topological polar surface area (TPSA) is 29.5 Å². The summed E-state index contributed by atoms with van der Waals surface area (Å²) in [6.07, 6.45) is 0.203. The zero-order chi connectivity index (χ0) is 13.1. The number of benzene rings is 1. The number of nitrogens with zero attached hydrogens (tertiary/aromatic N) is 1. The fourth-order valence-corrected chi connectivity index (χ4v) is 1.99. The molecule has 0 unspecified atom stereocenters. The minimum Gasteiger partial charge on any atom is -0.370 e. The molecule has 0 spiro atoms. The molecule has 1 heterocycles. The SMILES string of the molecule is Cc1ccc(COC2CN(C(=O)C(C)C)C2)cc1. The van der Waals surface area contributed by atoms with Crippen LogP contribution in [0, 0.1) is 12.8 Å². The van der Waals surface area contributed by atoms with Crippen LogP contribution in [0.3, 0.4) is 0 Å². The van der Waals surface area contributed by atoms with Gasteiger partial charge in [0.2, 0.25) is 5.91 Å². The first kappa shape index (κ1) is 13.1. The zero-order valence-electron chi connectivity index (χ0n) is 11.3. The first-order valence-electron chi connectivity index (χ1n) is 6.52. The maximum absolute atomic E-state index is 11.7. The molecule has 98 valence electrons. The Morgan fingerprint density at radius 2 is 1.94 bits per heavy atom. The molecule has 1 aliphatic heterocycles. The molecular formula is C15H21NO2. The molecule has 0 aromatic heterocycles. The lowest BCUT2D eigenvalue weighted by molar-refractivity contribution is -0.149. The Morgan fingerprint density at radius 1 is 1.33 bits per heavy atom. The van der Waals surface area contributed by atoms with Gasteiger partial charge in [-0.15, -0.1) is 0 Å². The molecule has 1 aromatic rings. The molecule has 0 atom stereocenters. The lowest BCUT2D eigenvalue weighted by atomic mass is 10.1. The van der Waals surface area contributed by atoms with Crippen LogP contribution in [0.5, 0.6) is 0 Å². The molecular weight excluding hydrogens is 226 g/mol. The van der Waals surface area contributed by atoms with Crippen molar-refractivity contribution in [3.63, 3.8) is 0 Å². The second-order valence-corrected chi connectivity index (χ2v) is 5.32. The Morgan fingerprint density at radius 3 is 2.50 bits per heavy atom. The molecule has 3 nitrogen and oxygen atoms in total. The average molecular weight is 247 g/mol. The highest BCUT2D eigenvalue weighted by molar-refractivity contribution is 5.78. The fourth-order valence-electron chi connectivity index (χ4n) is 1.99. The molecule has 1 aromatic carbocycles. The van der Waals surface area contributed by atoms with Crippen molar-refractivity contribution in [1.29, 1.82) is 0 Å². The molecule has 0 N–H and O–H groups in total. The summed E-state index contributed by atoms with van der Waals surface area (Å²) in [5, 5.41) is 0. The van der Waals surface area contributed by atoms with Gasteiger partial charge in [-0.25, -0.2) is 0 Å². The third-order valence-corrected chi connectivity index (χ3v) is 3.26. The van der Waals surface area contributed by atoms with Crippen molar-refractivity contribution < 1.29 is 9.53 Å². The van der Waals surface area contributed by atoms with E-state index in [1.54, 1.807) is 0 Å². The molecule has 18 heavy (non-hydrogen) atoms. The van der Waals surface area contributed by atoms with Crippen molar-refractivity contribution in [2.45, 2.75) is 33.5 Å². The van der Waals surface area contributed by atoms with E-state index in [1.807, 2.05) is 18.7 Å². The zero-order valence-corrected chi connectivity index (χ0v) is 11.3. The minimum atomic E-state index is 0.0862. The van der Waals surface area contributed by atoms with Gasteiger partial charge >= 0.3 is 0 Å². The molecule has 0 saturated carbocycles. The van der Waals surface area contributed by atoms with E-state index >= 15 is 0 Å². The summed E-state index contributed by atoms with van der Waals surface area (Å²) in [7, 11) is 0. The Kier molecular flexibility index (Phi) is 4.02. The lowest BCUT2D eigenvalue weighted by Gasteiger charge is -2.39. The lowest BCUT2D eigenvalue weighted by Crippen LogP contribution is -2.55. The first-order chi connectivity index (χ1) is 8.56. The molecule has 0 bridgehead atoms. The Bertz CT molecular complexity index is 405. The van der Waals surface area contributed by atoms with Crippen LogP contribution in [0.4, 0.5) is 0 Å². The van der Waals surface area contributed by atoms with Crippen LogP contribution in [0.1, 0.15) is 25.0 Å². The molecule has 1 amide bonds. The van der Waals surface area contributed by atoms with Gasteiger partial charge in [0.25, 0.3) is 0 Å². The summed E-state index contributed by atoms with van der Waals surface area (Å²) >= 11 is 0. The Hall–Kier alpha value is -1.35. The molecule has 2 rings (SSSR count). The van der Waals surface area contributed by atoms with E-state index in [2.05, 4.69) is 31.2 Å². The van der Waals surface area contributed by atoms with Gasteiger partial charge in [0.15, 0.2) is 0 Å². The van der Waals surface area contributed by atoms with E-state index in [9.17, 15) is 4.79 Å². The van der Waals surface area contributed by atoms with Crippen LogP contribution in [0.25, 0.3) is 0 Å². The second kappa shape index (κ2) is 5.53. The molecule has 0 aliphatic carbocycles. The van der Waals surface area contributed by atoms with Crippen LogP contribution in [0.15, 0.2) is 24.3 Å². The maximum atomic E-state index is 11.7. The van der Waals surface area contributed by atoms with E-state index in [0.29, 0.717) is 6.61 Å². The number of rotatable bonds is 4. The third kappa shape index (κ3) is 3.10. The number of ether oxygens (including phenoxy) is 1. The van der Waals surface area contributed by atoms with Gasteiger partial charge in [0.1, 0.15) is 0 Å². The Balaban J connectivity index is 1.71. The number of likely N-dealkylation sites (tertiary alicyclic amines) is 1. The molecule has 0 radical (unpaired) electrons. The summed E-state index contributed by atoms with van der Waals surface area (Å²) in [6.45, 7) is 8.05. The first-order valence-corrected chi connectivity index (χ1v) is 6.52. The van der Waals surface area contributed by atoms with Gasteiger partial charge in [-0.1, -0.05) is 43.7 Å². The van der Waals surface area contributed by atoms with Crippen LogP contribution >= 0.6 is 0 Å². The highest BCUT2D eigenvalue weighted by Crippen LogP contribution is 2.16. The standard InChI is InChI=1S/C15H21NO2/c1-11(2)15(17)16-8-14(9-16)18-10-13-6-4-12(3)5-7-13/h4-7,11,14H,8-10H2,1-3H3. The minimum absolute atomic E-state index is 0.0862. The van der Waals surface area contributed by atoms with Gasteiger partial charge in [-0.2, -0.15) is 0 Å². The molecule has 1 fully saturated rings. The number of carbonyl (C=O) groups excluding carboxylic acids is 1. The smallest absolute Gasteiger partial charge is 0.225 e. The number of amides is 1. The average Bonchev–Trinajstić information content (AvgIpc) is 2.29. The number of hydrogen-bond acceptors (Lipinski definition) is 2. The predicted molar refractivity (Wildman–Crippen MR) is 71.2 cm³/mol. The van der Waals surface area contributed by atoms with Gasteiger partial charge in [-0.05, 0) is 12.5 Å². The van der Waals surface area contributed by atoms with E-state index < -0.39 is 0 Å². The van der Waals surface area contributed by atoms with Crippen LogP contribution in [0.2, 0.25) is 0 Å². The summed E-state index contributed by atoms with van der Waals surface area (Å²) in [5.41, 5.74) is 2.45. The summed E-state index contributed by atoms with van der Waals surface area (Å²) in [4.78, 5) is 13.5. The van der Waals surface area contributed by atoms with Gasteiger partial charge in [-0.3, -0.25) is 4.79 Å². The van der Waals surface area contributed by atoms with Crippen molar-refractivity contribution in [3.8, 4) is 0 Å². The summed E-state index contributed by atoms with van der Waals surface area (Å²) in [6, 6.07) is 8.36. The van der Waals surface area contributed by atoms with Crippen LogP contribution in [-0.2, 0) is 16.1 Å². The largest absolute Gasteiger partial charge is 0.370 e. The maximum Gasteiger partial charge on any atom is 0.225 e. The van der Waals surface area contributed by atoms with Gasteiger partial charge in [0.05, 0.1) is 12.7 Å². The predicted octanol–water partition coefficient (Wildman–Crippen LogP) is 2.38. The highest BCUT2D eigenvalue weighted by Gasteiger charge is 2.32. The Labute approximate surface area is 109 Å². The summed E-state index contributed by atoms with van der Waals surface area (Å²) in [5.74, 6) is 0.313. The molecule has 1 saturated heterocycles. The van der Waals surface area contributed by atoms with Crippen molar-refractivity contribution >= 4 is 5.91 Å². The van der Waals surface area contributed by atoms with Crippen LogP contribution in [-0.4, -0.2) is 30.0 Å². The van der Waals surface area contributed by atoms with Gasteiger partial charge < -0.3 is 9.64 Å². The molecule has 3 heteroatoms. The van der Waals surface area contributed by atoms with E-state index in [4.69, 9.17) is 4.74 Å². The van der Waals surface area contributed by atoms with Crippen molar-refractivity contribution in [2.24, 2.45) is 5.92 Å². The number of aryl methyl sites for hydroxylation is 1. The van der Waals surface area contributed by atoms with Crippen LogP contribution < -0.4 is 0 Å². The van der Waals surface area contributed by atoms with E-state index in [0.717, 1.165) is 13.1 Å². The van der Waals surface area contributed by atoms with Crippen molar-refractivity contribution in [1.82, 2.24) is 4.90 Å². The normalized spacial score (nSPS) is 15.9. The molecule has 1 aliphatic rings. The quantitative estimate of drug-likeness (QED) is 0.817. The monoisotopic (exact) mass is 247 g/mol. The summed E-state index contributed by atoms with van der Waals surface area (Å²) < 4.78 is 5.77.